The summed E-state index contributed by atoms with van der Waals surface area (Å²) in [6.07, 6.45) is 1.17. The molecule has 0 spiro atoms. The van der Waals surface area contributed by atoms with E-state index in [1.165, 1.54) is 23.4 Å². The number of aromatic hydroxyl groups is 1. The number of aliphatic hydroxyl groups excluding tert-OH is 1. The van der Waals surface area contributed by atoms with Gasteiger partial charge in [0.15, 0.2) is 10.6 Å². The fraction of sp³-hybridized carbons (Fsp3) is 0.368. The number of phenolic OH excluding ortho intramolecular Hbond substituents is 1. The predicted octanol–water partition coefficient (Wildman–Crippen LogP) is 2.61. The number of aliphatic hydroxyl groups is 1. The van der Waals surface area contributed by atoms with Gasteiger partial charge in [0.05, 0.1) is 6.10 Å². The molecule has 5 N–H and O–H groups in total. The van der Waals surface area contributed by atoms with Crippen LogP contribution in [0, 0.1) is 13.8 Å². The first-order valence-electron chi connectivity index (χ1n) is 8.21. The predicted molar refractivity (Wildman–Crippen MR) is 102 cm³/mol. The smallest absolute Gasteiger partial charge is 0.194 e. The van der Waals surface area contributed by atoms with Gasteiger partial charge in [-0.3, -0.25) is 0 Å². The Morgan fingerprint density at radius 1 is 1.20 bits per heavy atom. The molecule has 6 heteroatoms. The van der Waals surface area contributed by atoms with Gasteiger partial charge in [0.1, 0.15) is 6.26 Å². The number of hydrogen-bond donors (Lipinski definition) is 4. The van der Waals surface area contributed by atoms with Gasteiger partial charge in [-0.25, -0.2) is 0 Å². The fourth-order valence-electron chi connectivity index (χ4n) is 2.81. The SMILES string of the molecule is Cc1cccc(C)c1NCCC(N)C(O)c1ccc(O)c([S+](C)[O-])c1. The van der Waals surface area contributed by atoms with Crippen molar-refractivity contribution in [2.75, 3.05) is 18.1 Å². The summed E-state index contributed by atoms with van der Waals surface area (Å²) in [6.45, 7) is 4.73. The van der Waals surface area contributed by atoms with Crippen LogP contribution < -0.4 is 11.1 Å². The summed E-state index contributed by atoms with van der Waals surface area (Å²) < 4.78 is 11.6. The van der Waals surface area contributed by atoms with Crippen molar-refractivity contribution < 1.29 is 14.8 Å². The lowest BCUT2D eigenvalue weighted by Gasteiger charge is -2.21. The van der Waals surface area contributed by atoms with E-state index in [2.05, 4.69) is 5.32 Å². The maximum absolute atomic E-state index is 11.6. The number of nitrogens with two attached hydrogens (primary N) is 1. The van der Waals surface area contributed by atoms with E-state index in [9.17, 15) is 14.8 Å². The molecule has 2 aromatic carbocycles. The molecule has 2 rings (SSSR count). The standard InChI is InChI=1S/C19H26N2O3S/c1-12-5-4-6-13(2)18(12)21-10-9-15(20)19(23)14-7-8-16(22)17(11-14)25(3)24/h4-8,11,15,19,21-23H,9-10,20H2,1-3H3. The molecule has 136 valence electrons. The number of rotatable bonds is 7. The summed E-state index contributed by atoms with van der Waals surface area (Å²) in [5.41, 5.74) is 10.1. The lowest BCUT2D eigenvalue weighted by Crippen LogP contribution is -2.30. The largest absolute Gasteiger partial charge is 0.612 e. The van der Waals surface area contributed by atoms with Crippen molar-refractivity contribution in [2.45, 2.75) is 37.3 Å². The number of aryl methyl sites for hydroxylation is 2. The molecule has 0 radical (unpaired) electrons. The molecule has 0 saturated heterocycles. The van der Waals surface area contributed by atoms with E-state index < -0.39 is 23.3 Å². The second-order valence-electron chi connectivity index (χ2n) is 6.27. The molecule has 25 heavy (non-hydrogen) atoms. The van der Waals surface area contributed by atoms with Crippen molar-refractivity contribution in [2.24, 2.45) is 5.73 Å². The number of nitrogens with one attached hydrogen (secondary N) is 1. The zero-order valence-corrected chi connectivity index (χ0v) is 15.6. The van der Waals surface area contributed by atoms with Gasteiger partial charge >= 0.3 is 0 Å². The van der Waals surface area contributed by atoms with Crippen LogP contribution in [0.25, 0.3) is 0 Å². The highest BCUT2D eigenvalue weighted by atomic mass is 32.2. The Bertz CT molecular complexity index is 702. The lowest BCUT2D eigenvalue weighted by molar-refractivity contribution is 0.143. The monoisotopic (exact) mass is 362 g/mol. The topological polar surface area (TPSA) is 102 Å². The summed E-state index contributed by atoms with van der Waals surface area (Å²) in [6, 6.07) is 10.2. The highest BCUT2D eigenvalue weighted by Crippen LogP contribution is 2.28. The average Bonchev–Trinajstić information content (AvgIpc) is 2.57. The Balaban J connectivity index is 1.99. The molecule has 0 saturated carbocycles. The molecule has 3 atom stereocenters. The second-order valence-corrected chi connectivity index (χ2v) is 7.62. The van der Waals surface area contributed by atoms with Crippen molar-refractivity contribution in [3.05, 3.63) is 53.1 Å². The van der Waals surface area contributed by atoms with Crippen LogP contribution in [0.4, 0.5) is 5.69 Å². The Kier molecular flexibility index (Phi) is 6.72. The molecule has 0 amide bonds. The van der Waals surface area contributed by atoms with Gasteiger partial charge in [0.2, 0.25) is 0 Å². The molecule has 5 nitrogen and oxygen atoms in total. The molecule has 0 aliphatic heterocycles. The van der Waals surface area contributed by atoms with Crippen LogP contribution in [0.1, 0.15) is 29.2 Å². The Labute approximate surface area is 152 Å². The number of hydrogen-bond acceptors (Lipinski definition) is 5. The van der Waals surface area contributed by atoms with Gasteiger partial charge in [0, 0.05) is 24.3 Å². The summed E-state index contributed by atoms with van der Waals surface area (Å²) in [4.78, 5) is 0.303. The van der Waals surface area contributed by atoms with Crippen LogP contribution in [0.15, 0.2) is 41.3 Å². The molecular formula is C19H26N2O3S. The minimum absolute atomic E-state index is 0.0398. The first-order chi connectivity index (χ1) is 11.8. The van der Waals surface area contributed by atoms with Gasteiger partial charge in [0.25, 0.3) is 0 Å². The van der Waals surface area contributed by atoms with Crippen LogP contribution in [0.3, 0.4) is 0 Å². The van der Waals surface area contributed by atoms with Gasteiger partial charge in [-0.2, -0.15) is 0 Å². The minimum Gasteiger partial charge on any atom is -0.612 e. The van der Waals surface area contributed by atoms with Crippen LogP contribution in [0.2, 0.25) is 0 Å². The average molecular weight is 362 g/mol. The summed E-state index contributed by atoms with van der Waals surface area (Å²) >= 11 is -1.33. The second kappa shape index (κ2) is 8.58. The van der Waals surface area contributed by atoms with Crippen molar-refractivity contribution in [3.8, 4) is 5.75 Å². The van der Waals surface area contributed by atoms with Gasteiger partial charge in [-0.1, -0.05) is 24.3 Å². The molecule has 0 aliphatic carbocycles. The van der Waals surface area contributed by atoms with Gasteiger partial charge in [-0.15, -0.1) is 0 Å². The van der Waals surface area contributed by atoms with Crippen LogP contribution >= 0.6 is 0 Å². The molecule has 0 aliphatic rings. The summed E-state index contributed by atoms with van der Waals surface area (Å²) in [5.74, 6) is -0.0398. The fourth-order valence-corrected chi connectivity index (χ4v) is 3.47. The summed E-state index contributed by atoms with van der Waals surface area (Å²) in [7, 11) is 0. The van der Waals surface area contributed by atoms with Gasteiger partial charge in [-0.05, 0) is 54.2 Å². The number of benzene rings is 2. The van der Waals surface area contributed by atoms with E-state index in [4.69, 9.17) is 5.73 Å². The first-order valence-corrected chi connectivity index (χ1v) is 9.77. The van der Waals surface area contributed by atoms with Gasteiger partial charge < -0.3 is 25.8 Å². The number of para-hydroxylation sites is 1. The van der Waals surface area contributed by atoms with E-state index >= 15 is 0 Å². The Hall–Kier alpha value is -1.73. The van der Waals surface area contributed by atoms with Crippen molar-refractivity contribution in [3.63, 3.8) is 0 Å². The van der Waals surface area contributed by atoms with Crippen molar-refractivity contribution >= 4 is 16.9 Å². The lowest BCUT2D eigenvalue weighted by atomic mass is 10.00. The zero-order chi connectivity index (χ0) is 18.6. The molecule has 0 fully saturated rings. The molecule has 0 bridgehead atoms. The third-order valence-electron chi connectivity index (χ3n) is 4.30. The molecule has 2 aromatic rings. The normalized spacial score (nSPS) is 14.8. The zero-order valence-electron chi connectivity index (χ0n) is 14.8. The van der Waals surface area contributed by atoms with Crippen LogP contribution in [-0.2, 0) is 11.2 Å². The quantitative estimate of drug-likeness (QED) is 0.567. The van der Waals surface area contributed by atoms with E-state index in [1.807, 2.05) is 32.0 Å². The summed E-state index contributed by atoms with van der Waals surface area (Å²) in [5, 5.41) is 23.6. The van der Waals surface area contributed by atoms with E-state index in [-0.39, 0.29) is 5.75 Å². The third-order valence-corrected chi connectivity index (χ3v) is 5.25. The van der Waals surface area contributed by atoms with E-state index in [1.54, 1.807) is 12.1 Å². The maximum Gasteiger partial charge on any atom is 0.194 e. The molecule has 3 unspecified atom stereocenters. The maximum atomic E-state index is 11.6. The highest BCUT2D eigenvalue weighted by Gasteiger charge is 2.20. The van der Waals surface area contributed by atoms with Crippen molar-refractivity contribution in [1.29, 1.82) is 0 Å². The van der Waals surface area contributed by atoms with E-state index in [0.29, 0.717) is 23.4 Å². The van der Waals surface area contributed by atoms with Crippen molar-refractivity contribution in [1.82, 2.24) is 0 Å². The third kappa shape index (κ3) is 4.89. The number of phenols is 1. The molecule has 0 heterocycles. The minimum atomic E-state index is -1.33. The van der Waals surface area contributed by atoms with Crippen LogP contribution in [-0.4, -0.2) is 33.6 Å². The van der Waals surface area contributed by atoms with Crippen LogP contribution in [0.5, 0.6) is 5.75 Å². The molecule has 0 aromatic heterocycles. The highest BCUT2D eigenvalue weighted by molar-refractivity contribution is 7.90. The Morgan fingerprint density at radius 2 is 1.84 bits per heavy atom. The van der Waals surface area contributed by atoms with E-state index in [0.717, 1.165) is 5.69 Å². The number of anilines is 1. The Morgan fingerprint density at radius 3 is 2.44 bits per heavy atom. The first kappa shape index (κ1) is 19.6. The molecular weight excluding hydrogens is 336 g/mol.